The van der Waals surface area contributed by atoms with Crippen LogP contribution in [0, 0.1) is 10.8 Å². The van der Waals surface area contributed by atoms with Crippen LogP contribution in [0.4, 0.5) is 0 Å². The van der Waals surface area contributed by atoms with Gasteiger partial charge in [-0.1, -0.05) is 22.2 Å². The number of carbonyl (C=O) groups excluding carboxylic acids is 2. The van der Waals surface area contributed by atoms with Gasteiger partial charge < -0.3 is 9.47 Å². The lowest BCUT2D eigenvalue weighted by Crippen LogP contribution is -2.33. The number of aromatic nitrogens is 2. The largest absolute Gasteiger partial charge is 0.451 e. The Hall–Kier alpha value is -2.25. The number of hydrogen-bond acceptors (Lipinski definition) is 7. The maximum atomic E-state index is 12.7. The molecule has 1 heterocycles. The second kappa shape index (κ2) is 10.2. The fraction of sp³-hybridized carbons (Fsp3) is 0.579. The molecule has 0 aliphatic carbocycles. The molecule has 0 spiro atoms. The molecule has 0 aliphatic heterocycles. The minimum atomic E-state index is -2.30. The fourth-order valence-corrected chi connectivity index (χ4v) is 2.87. The van der Waals surface area contributed by atoms with E-state index in [2.05, 4.69) is 4.98 Å². The van der Waals surface area contributed by atoms with Crippen molar-refractivity contribution in [1.82, 2.24) is 9.55 Å². The molecule has 1 rings (SSSR count). The Labute approximate surface area is 180 Å². The summed E-state index contributed by atoms with van der Waals surface area (Å²) in [5.74, 6) is -1.31. The summed E-state index contributed by atoms with van der Waals surface area (Å²) in [4.78, 5) is 49.4. The highest BCUT2D eigenvalue weighted by molar-refractivity contribution is 7.45. The summed E-state index contributed by atoms with van der Waals surface area (Å²) < 4.78 is 24.2. The molecule has 0 saturated carbocycles. The van der Waals surface area contributed by atoms with E-state index in [1.807, 2.05) is 0 Å². The zero-order chi connectivity index (χ0) is 23.3. The van der Waals surface area contributed by atoms with Crippen molar-refractivity contribution in [3.8, 4) is 0 Å². The normalized spacial score (nSPS) is 12.9. The average Bonchev–Trinajstić information content (AvgIpc) is 2.60. The van der Waals surface area contributed by atoms with Gasteiger partial charge in [0.2, 0.25) is 0 Å². The molecule has 166 valence electrons. The molecule has 0 aromatic carbocycles. The quantitative estimate of drug-likeness (QED) is 0.286. The lowest BCUT2D eigenvalue weighted by atomic mass is 9.97. The van der Waals surface area contributed by atoms with E-state index in [9.17, 15) is 23.7 Å². The minimum absolute atomic E-state index is 0.0622. The van der Waals surface area contributed by atoms with Gasteiger partial charge in [0, 0.05) is 12.7 Å². The van der Waals surface area contributed by atoms with Crippen molar-refractivity contribution in [3.63, 3.8) is 0 Å². The van der Waals surface area contributed by atoms with E-state index in [4.69, 9.17) is 21.1 Å². The number of nitrogens with one attached hydrogen (secondary N) is 1. The first-order chi connectivity index (χ1) is 13.6. The van der Waals surface area contributed by atoms with E-state index in [-0.39, 0.29) is 17.7 Å². The van der Waals surface area contributed by atoms with Crippen LogP contribution in [0.15, 0.2) is 27.9 Å². The third-order valence-corrected chi connectivity index (χ3v) is 5.12. The zero-order valence-corrected chi connectivity index (χ0v) is 19.5. The summed E-state index contributed by atoms with van der Waals surface area (Å²) in [7, 11) is -2.30. The first-order valence-corrected chi connectivity index (χ1v) is 11.0. The highest BCUT2D eigenvalue weighted by Gasteiger charge is 2.41. The monoisotopic (exact) mass is 461 g/mol. The number of esters is 2. The summed E-state index contributed by atoms with van der Waals surface area (Å²) in [6.07, 6.45) is 4.14. The average molecular weight is 462 g/mol. The van der Waals surface area contributed by atoms with Crippen LogP contribution in [-0.4, -0.2) is 33.7 Å². The number of allylic oxidation sites excluding steroid dienone is 2. The van der Waals surface area contributed by atoms with Gasteiger partial charge in [-0.25, -0.2) is 4.79 Å². The van der Waals surface area contributed by atoms with Gasteiger partial charge in [-0.05, 0) is 47.6 Å². The molecule has 0 saturated heterocycles. The van der Waals surface area contributed by atoms with Gasteiger partial charge in [-0.15, -0.1) is 0 Å². The van der Waals surface area contributed by atoms with E-state index in [0.29, 0.717) is 0 Å². The molecule has 1 atom stereocenters. The second-order valence-electron chi connectivity index (χ2n) is 8.58. The lowest BCUT2D eigenvalue weighted by Gasteiger charge is -2.21. The smallest absolute Gasteiger partial charge is 0.384 e. The van der Waals surface area contributed by atoms with Crippen LogP contribution in [-0.2, 0) is 30.2 Å². The van der Waals surface area contributed by atoms with Gasteiger partial charge in [0.1, 0.15) is 5.02 Å². The molecular formula is C19H27ClN2O7P+. The molecule has 0 fully saturated rings. The Morgan fingerprint density at radius 1 is 1.10 bits per heavy atom. The van der Waals surface area contributed by atoms with E-state index >= 15 is 0 Å². The molecule has 0 aliphatic rings. The van der Waals surface area contributed by atoms with Crippen LogP contribution >= 0.6 is 19.4 Å². The lowest BCUT2D eigenvalue weighted by molar-refractivity contribution is -0.184. The van der Waals surface area contributed by atoms with E-state index < -0.39 is 47.8 Å². The molecular weight excluding hydrogens is 435 g/mol. The Kier molecular flexibility index (Phi) is 8.75. The molecule has 1 unspecified atom stereocenters. The van der Waals surface area contributed by atoms with Gasteiger partial charge in [0.15, 0.2) is 6.16 Å². The molecule has 0 radical (unpaired) electrons. The van der Waals surface area contributed by atoms with Gasteiger partial charge in [0.25, 0.3) is 5.56 Å². The Morgan fingerprint density at radius 3 is 2.07 bits per heavy atom. The van der Waals surface area contributed by atoms with Crippen molar-refractivity contribution < 1.29 is 23.6 Å². The standard InChI is InChI=1S/C19H26ClN2O7P/c1-18(2,3)14(24)28-17(29-15(25)19(4,5)6)30(27)10-8-7-9-22-11-12(20)13(23)21-16(22)26/h7-8,11,17H,9-10H2,1-6H3/p+1. The van der Waals surface area contributed by atoms with Gasteiger partial charge in [-0.3, -0.25) is 23.9 Å². The summed E-state index contributed by atoms with van der Waals surface area (Å²) in [5.41, 5.74) is -3.07. The Morgan fingerprint density at radius 2 is 1.60 bits per heavy atom. The molecule has 0 bridgehead atoms. The predicted octanol–water partition coefficient (Wildman–Crippen LogP) is 3.04. The number of ether oxygens (including phenoxy) is 2. The summed E-state index contributed by atoms with van der Waals surface area (Å²) >= 11 is 5.69. The van der Waals surface area contributed by atoms with E-state index in [1.165, 1.54) is 18.3 Å². The predicted molar refractivity (Wildman–Crippen MR) is 113 cm³/mol. The molecule has 0 amide bonds. The summed E-state index contributed by atoms with van der Waals surface area (Å²) in [5, 5.41) is -0.141. The minimum Gasteiger partial charge on any atom is -0.384 e. The third kappa shape index (κ3) is 7.88. The zero-order valence-electron chi connectivity index (χ0n) is 17.9. The number of rotatable bonds is 7. The number of halogens is 1. The van der Waals surface area contributed by atoms with Crippen molar-refractivity contribution in [3.05, 3.63) is 44.2 Å². The summed E-state index contributed by atoms with van der Waals surface area (Å²) in [6, 6.07) is -1.53. The first kappa shape index (κ1) is 25.8. The highest BCUT2D eigenvalue weighted by atomic mass is 35.5. The van der Waals surface area contributed by atoms with Gasteiger partial charge in [0.05, 0.1) is 10.8 Å². The highest BCUT2D eigenvalue weighted by Crippen LogP contribution is 2.34. The molecule has 30 heavy (non-hydrogen) atoms. The maximum Gasteiger partial charge on any atom is 0.451 e. The first-order valence-electron chi connectivity index (χ1n) is 9.13. The second-order valence-corrected chi connectivity index (χ2v) is 10.6. The van der Waals surface area contributed by atoms with Crippen molar-refractivity contribution in [2.45, 2.75) is 54.1 Å². The topological polar surface area (TPSA) is 125 Å². The van der Waals surface area contributed by atoms with Crippen LogP contribution in [0.1, 0.15) is 41.5 Å². The number of nitrogens with zero attached hydrogens (tertiary/aromatic N) is 1. The van der Waals surface area contributed by atoms with Crippen molar-refractivity contribution in [2.75, 3.05) is 6.16 Å². The molecule has 1 N–H and O–H groups in total. The van der Waals surface area contributed by atoms with Crippen LogP contribution in [0.25, 0.3) is 0 Å². The SMILES string of the molecule is CC(C)(C)C(=O)OC(OC(=O)C(C)(C)C)[P+](=O)CC=CCn1cc(Cl)c(=O)[nH]c1=O. The number of carbonyl (C=O) groups is 2. The molecule has 11 heteroatoms. The van der Waals surface area contributed by atoms with Gasteiger partial charge in [-0.2, -0.15) is 0 Å². The molecule has 1 aromatic heterocycles. The fourth-order valence-electron chi connectivity index (χ4n) is 1.75. The van der Waals surface area contributed by atoms with Crippen LogP contribution in [0.5, 0.6) is 0 Å². The van der Waals surface area contributed by atoms with E-state index in [0.717, 1.165) is 4.57 Å². The third-order valence-electron chi connectivity index (χ3n) is 3.60. The summed E-state index contributed by atoms with van der Waals surface area (Å²) in [6.45, 7) is 9.80. The Balaban J connectivity index is 2.88. The van der Waals surface area contributed by atoms with Crippen molar-refractivity contribution in [2.24, 2.45) is 10.8 Å². The van der Waals surface area contributed by atoms with Crippen molar-refractivity contribution in [1.29, 1.82) is 0 Å². The van der Waals surface area contributed by atoms with Crippen LogP contribution < -0.4 is 11.2 Å². The number of aromatic amines is 1. The van der Waals surface area contributed by atoms with Crippen molar-refractivity contribution >= 4 is 31.3 Å². The number of hydrogen-bond donors (Lipinski definition) is 1. The molecule has 1 aromatic rings. The van der Waals surface area contributed by atoms with Crippen LogP contribution in [0.3, 0.4) is 0 Å². The maximum absolute atomic E-state index is 12.7. The van der Waals surface area contributed by atoms with Gasteiger partial charge >= 0.3 is 31.5 Å². The molecule has 9 nitrogen and oxygen atoms in total. The van der Waals surface area contributed by atoms with E-state index in [1.54, 1.807) is 41.5 Å². The van der Waals surface area contributed by atoms with Crippen LogP contribution in [0.2, 0.25) is 5.02 Å². The Bertz CT molecular complexity index is 923. The number of H-pyrrole nitrogens is 1.